The predicted molar refractivity (Wildman–Crippen MR) is 46.5 cm³/mol. The first-order chi connectivity index (χ1) is 4.74. The van der Waals surface area contributed by atoms with Crippen LogP contribution >= 0.6 is 9.39 Å². The summed E-state index contributed by atoms with van der Waals surface area (Å²) in [5, 5.41) is 0. The lowest BCUT2D eigenvalue weighted by molar-refractivity contribution is 0.254. The van der Waals surface area contributed by atoms with Crippen molar-refractivity contribution >= 4 is 9.39 Å². The molecule has 2 unspecified atom stereocenters. The minimum absolute atomic E-state index is 0.347. The van der Waals surface area contributed by atoms with Crippen LogP contribution in [0.25, 0.3) is 0 Å². The average molecular weight is 161 g/mol. The summed E-state index contributed by atoms with van der Waals surface area (Å²) in [6.45, 7) is 1.71. The van der Waals surface area contributed by atoms with E-state index in [1.165, 1.54) is 0 Å². The first kappa shape index (κ1) is 8.41. The fraction of sp³-hybridized carbons (Fsp3) is 1.00. The van der Waals surface area contributed by atoms with Crippen LogP contribution in [0.5, 0.6) is 0 Å². The van der Waals surface area contributed by atoms with Crippen molar-refractivity contribution in [1.29, 1.82) is 0 Å². The van der Waals surface area contributed by atoms with Crippen LogP contribution in [-0.4, -0.2) is 29.8 Å². The molecule has 0 amide bonds. The minimum Gasteiger partial charge on any atom is -0.329 e. The molecule has 1 aliphatic rings. The van der Waals surface area contributed by atoms with Crippen molar-refractivity contribution in [3.8, 4) is 0 Å². The molecule has 1 saturated heterocycles. The zero-order valence-electron chi connectivity index (χ0n) is 6.16. The van der Waals surface area contributed by atoms with Gasteiger partial charge in [-0.2, -0.15) is 0 Å². The van der Waals surface area contributed by atoms with E-state index in [0.29, 0.717) is 12.1 Å². The van der Waals surface area contributed by atoms with Crippen LogP contribution in [0, 0.1) is 0 Å². The molecule has 0 aliphatic carbocycles. The van der Waals surface area contributed by atoms with Crippen LogP contribution < -0.4 is 11.5 Å². The number of nitrogens with two attached hydrogens (primary N) is 2. The maximum absolute atomic E-state index is 5.75. The maximum atomic E-state index is 5.75. The van der Waals surface area contributed by atoms with E-state index < -0.39 is 0 Å². The van der Waals surface area contributed by atoms with Gasteiger partial charge in [0.15, 0.2) is 0 Å². The van der Waals surface area contributed by atoms with Crippen molar-refractivity contribution in [1.82, 2.24) is 4.67 Å². The fourth-order valence-corrected chi connectivity index (χ4v) is 1.88. The van der Waals surface area contributed by atoms with Gasteiger partial charge in [-0.3, -0.25) is 4.67 Å². The van der Waals surface area contributed by atoms with Crippen molar-refractivity contribution in [2.24, 2.45) is 11.5 Å². The smallest absolute Gasteiger partial charge is 0.0253 e. The highest BCUT2D eigenvalue weighted by molar-refractivity contribution is 7.13. The molecule has 0 spiro atoms. The third-order valence-corrected chi connectivity index (χ3v) is 2.69. The molecule has 0 saturated carbocycles. The summed E-state index contributed by atoms with van der Waals surface area (Å²) in [5.74, 6) is 0. The monoisotopic (exact) mass is 161 g/mol. The molecule has 1 aliphatic heterocycles. The van der Waals surface area contributed by atoms with Crippen LogP contribution in [0.3, 0.4) is 0 Å². The van der Waals surface area contributed by atoms with E-state index in [4.69, 9.17) is 11.5 Å². The molecule has 10 heavy (non-hydrogen) atoms. The third-order valence-electron chi connectivity index (χ3n) is 2.06. The topological polar surface area (TPSA) is 55.3 Å². The quantitative estimate of drug-likeness (QED) is 0.511. The van der Waals surface area contributed by atoms with Gasteiger partial charge in [-0.1, -0.05) is 9.39 Å². The van der Waals surface area contributed by atoms with Gasteiger partial charge in [-0.25, -0.2) is 0 Å². The molecule has 0 aromatic heterocycles. The second-order valence-electron chi connectivity index (χ2n) is 2.92. The van der Waals surface area contributed by atoms with E-state index in [1.54, 1.807) is 0 Å². The molecule has 1 heterocycles. The molecule has 60 valence electrons. The number of hydrogen-bond donors (Lipinski definition) is 2. The van der Waals surface area contributed by atoms with Crippen molar-refractivity contribution in [2.75, 3.05) is 13.1 Å². The molecule has 1 fully saturated rings. The Balaban J connectivity index is 2.36. The van der Waals surface area contributed by atoms with E-state index in [2.05, 4.69) is 14.1 Å². The second kappa shape index (κ2) is 3.63. The van der Waals surface area contributed by atoms with Gasteiger partial charge < -0.3 is 11.5 Å². The molecule has 3 atom stereocenters. The van der Waals surface area contributed by atoms with Crippen molar-refractivity contribution in [3.05, 3.63) is 0 Å². The molecular formula is C6H16N3P. The van der Waals surface area contributed by atoms with Crippen molar-refractivity contribution < 1.29 is 0 Å². The summed E-state index contributed by atoms with van der Waals surface area (Å²) in [7, 11) is 2.69. The van der Waals surface area contributed by atoms with Gasteiger partial charge in [0.1, 0.15) is 0 Å². The largest absolute Gasteiger partial charge is 0.329 e. The van der Waals surface area contributed by atoms with E-state index in [-0.39, 0.29) is 0 Å². The van der Waals surface area contributed by atoms with Gasteiger partial charge in [0.05, 0.1) is 0 Å². The van der Waals surface area contributed by atoms with E-state index in [0.717, 1.165) is 25.9 Å². The van der Waals surface area contributed by atoms with E-state index >= 15 is 0 Å². The van der Waals surface area contributed by atoms with Crippen LogP contribution in [0.15, 0.2) is 0 Å². The fourth-order valence-electron chi connectivity index (χ4n) is 1.34. The first-order valence-electron chi connectivity index (χ1n) is 3.71. The normalized spacial score (nSPS) is 36.3. The Bertz CT molecular complexity index is 109. The minimum atomic E-state index is 0.347. The molecular weight excluding hydrogens is 145 g/mol. The van der Waals surface area contributed by atoms with Gasteiger partial charge >= 0.3 is 0 Å². The van der Waals surface area contributed by atoms with Crippen molar-refractivity contribution in [3.63, 3.8) is 0 Å². The average Bonchev–Trinajstić information content (AvgIpc) is 1.88. The highest BCUT2D eigenvalue weighted by atomic mass is 31.0. The predicted octanol–water partition coefficient (Wildman–Crippen LogP) is -0.473. The molecule has 0 bridgehead atoms. The molecule has 3 nitrogen and oxygen atoms in total. The lowest BCUT2D eigenvalue weighted by Crippen LogP contribution is -2.46. The Hall–Kier alpha value is 0.310. The molecule has 1 rings (SSSR count). The summed E-state index contributed by atoms with van der Waals surface area (Å²) in [5.41, 5.74) is 11.3. The summed E-state index contributed by atoms with van der Waals surface area (Å²) in [6.07, 6.45) is 2.26. The number of piperidine rings is 1. The van der Waals surface area contributed by atoms with Crippen molar-refractivity contribution in [2.45, 2.75) is 24.9 Å². The summed E-state index contributed by atoms with van der Waals surface area (Å²) >= 11 is 0. The van der Waals surface area contributed by atoms with E-state index in [9.17, 15) is 0 Å². The Morgan fingerprint density at radius 1 is 1.50 bits per heavy atom. The Morgan fingerprint density at radius 3 is 2.70 bits per heavy atom. The van der Waals surface area contributed by atoms with Gasteiger partial charge in [-0.15, -0.1) is 0 Å². The lowest BCUT2D eigenvalue weighted by Gasteiger charge is -2.34. The summed E-state index contributed by atoms with van der Waals surface area (Å²) in [4.78, 5) is 0. The van der Waals surface area contributed by atoms with Gasteiger partial charge in [0, 0.05) is 25.2 Å². The molecule has 0 radical (unpaired) electrons. The molecule has 0 aromatic rings. The molecule has 4 N–H and O–H groups in total. The highest BCUT2D eigenvalue weighted by Crippen LogP contribution is 2.18. The second-order valence-corrected chi connectivity index (χ2v) is 3.59. The maximum Gasteiger partial charge on any atom is 0.0253 e. The summed E-state index contributed by atoms with van der Waals surface area (Å²) < 4.78 is 2.17. The van der Waals surface area contributed by atoms with Crippen LogP contribution in [0.2, 0.25) is 0 Å². The molecule has 4 heteroatoms. The number of nitrogens with zero attached hydrogens (tertiary/aromatic N) is 1. The van der Waals surface area contributed by atoms with Gasteiger partial charge in [0.2, 0.25) is 0 Å². The third kappa shape index (κ3) is 1.89. The summed E-state index contributed by atoms with van der Waals surface area (Å²) in [6, 6.07) is 0.880. The first-order valence-corrected chi connectivity index (χ1v) is 4.22. The van der Waals surface area contributed by atoms with Crippen LogP contribution in [0.1, 0.15) is 12.8 Å². The van der Waals surface area contributed by atoms with Crippen LogP contribution in [-0.2, 0) is 0 Å². The highest BCUT2D eigenvalue weighted by Gasteiger charge is 2.21. The van der Waals surface area contributed by atoms with Crippen LogP contribution in [0.4, 0.5) is 0 Å². The molecule has 0 aromatic carbocycles. The van der Waals surface area contributed by atoms with E-state index in [1.807, 2.05) is 0 Å². The zero-order valence-corrected chi connectivity index (χ0v) is 7.32. The Morgan fingerprint density at radius 2 is 2.20 bits per heavy atom. The SMILES string of the molecule is NCC1CC[C@@H](N)CN1P. The lowest BCUT2D eigenvalue weighted by atomic mass is 10.0. The standard InChI is InChI=1S/C6H16N3P/c7-3-6-2-1-5(8)4-9(6)10/h5-6H,1-4,7-8,10H2/t5-,6?/m1/s1. The number of rotatable bonds is 1. The zero-order chi connectivity index (χ0) is 7.56. The Kier molecular flexibility index (Phi) is 3.05. The van der Waals surface area contributed by atoms with Gasteiger partial charge in [-0.05, 0) is 12.8 Å². The Labute approximate surface area is 64.4 Å². The van der Waals surface area contributed by atoms with Gasteiger partial charge in [0.25, 0.3) is 0 Å². The number of hydrogen-bond acceptors (Lipinski definition) is 3.